The van der Waals surface area contributed by atoms with Crippen LogP contribution in [0.1, 0.15) is 15.9 Å². The number of nitrogens with zero attached hydrogens (tertiary/aromatic N) is 1. The first-order chi connectivity index (χ1) is 12.4. The van der Waals surface area contributed by atoms with Crippen molar-refractivity contribution in [2.24, 2.45) is 0 Å². The van der Waals surface area contributed by atoms with E-state index in [9.17, 15) is 13.2 Å². The minimum Gasteiger partial charge on any atom is -0.486 e. The lowest BCUT2D eigenvalue weighted by Gasteiger charge is -2.19. The number of carbonyl (C=O) groups excluding carboxylic acids is 1. The summed E-state index contributed by atoms with van der Waals surface area (Å²) in [5.41, 5.74) is 1.03. The number of hydrogen-bond donors (Lipinski definition) is 0. The first-order valence-electron chi connectivity index (χ1n) is 8.03. The molecule has 0 radical (unpaired) electrons. The maximum atomic E-state index is 12.5. The molecule has 0 unspecified atom stereocenters. The largest absolute Gasteiger partial charge is 0.486 e. The van der Waals surface area contributed by atoms with Gasteiger partial charge in [-0.05, 0) is 30.4 Å². The third-order valence-electron chi connectivity index (χ3n) is 3.91. The van der Waals surface area contributed by atoms with Crippen molar-refractivity contribution in [2.45, 2.75) is 4.90 Å². The number of para-hydroxylation sites is 1. The molecule has 1 heterocycles. The lowest BCUT2D eigenvalue weighted by Crippen LogP contribution is -2.22. The Morgan fingerprint density at radius 2 is 1.81 bits per heavy atom. The molecule has 1 aliphatic heterocycles. The fourth-order valence-electron chi connectivity index (χ4n) is 2.51. The second kappa shape index (κ2) is 7.31. The highest BCUT2D eigenvalue weighted by Gasteiger charge is 2.18. The van der Waals surface area contributed by atoms with Crippen molar-refractivity contribution in [3.8, 4) is 11.5 Å². The van der Waals surface area contributed by atoms with E-state index in [0.717, 1.165) is 9.87 Å². The molecule has 136 valence electrons. The van der Waals surface area contributed by atoms with Gasteiger partial charge in [0.25, 0.3) is 0 Å². The molecule has 0 aliphatic carbocycles. The summed E-state index contributed by atoms with van der Waals surface area (Å²) in [6, 6.07) is 11.4. The molecular weight excluding hydrogens is 354 g/mol. The van der Waals surface area contributed by atoms with E-state index < -0.39 is 10.0 Å². The van der Waals surface area contributed by atoms with Crippen molar-refractivity contribution >= 4 is 21.9 Å². The van der Waals surface area contributed by atoms with Crippen LogP contribution in [0.4, 0.5) is 0 Å². The smallest absolute Gasteiger partial charge is 0.242 e. The third kappa shape index (κ3) is 3.63. The number of allylic oxidation sites excluding steroid dienone is 1. The van der Waals surface area contributed by atoms with Gasteiger partial charge < -0.3 is 9.47 Å². The highest BCUT2D eigenvalue weighted by atomic mass is 32.2. The molecule has 0 atom stereocenters. The van der Waals surface area contributed by atoms with Gasteiger partial charge in [0.15, 0.2) is 17.3 Å². The van der Waals surface area contributed by atoms with Gasteiger partial charge in [0.05, 0.1) is 4.90 Å². The van der Waals surface area contributed by atoms with Crippen LogP contribution in [0.5, 0.6) is 11.5 Å². The number of fused-ring (bicyclic) bond motifs is 1. The third-order valence-corrected chi connectivity index (χ3v) is 5.72. The minimum absolute atomic E-state index is 0.0792. The minimum atomic E-state index is -3.59. The van der Waals surface area contributed by atoms with Gasteiger partial charge in [-0.15, -0.1) is 0 Å². The van der Waals surface area contributed by atoms with Crippen LogP contribution in [0.3, 0.4) is 0 Å². The molecule has 1 aliphatic rings. The first-order valence-corrected chi connectivity index (χ1v) is 9.47. The number of ketones is 1. The summed E-state index contributed by atoms with van der Waals surface area (Å²) in [6.07, 6.45) is 3.04. The molecule has 0 fully saturated rings. The highest BCUT2D eigenvalue weighted by Crippen LogP contribution is 2.34. The van der Waals surface area contributed by atoms with Gasteiger partial charge in [-0.25, -0.2) is 12.7 Å². The lowest BCUT2D eigenvalue weighted by atomic mass is 10.1. The predicted octanol–water partition coefficient (Wildman–Crippen LogP) is 2.60. The summed E-state index contributed by atoms with van der Waals surface area (Å²) in [5.74, 6) is 0.951. The molecule has 0 spiro atoms. The van der Waals surface area contributed by atoms with E-state index in [1.54, 1.807) is 18.2 Å². The number of ether oxygens (including phenoxy) is 2. The van der Waals surface area contributed by atoms with Crippen LogP contribution in [-0.2, 0) is 10.0 Å². The molecule has 0 N–H and O–H groups in total. The molecular formula is C19H19NO5S. The average molecular weight is 373 g/mol. The standard InChI is InChI=1S/C19H19NO5S/c1-20(2)26(22,23)16-7-3-6-15(13-16)17(21)10-9-14-5-4-8-18-19(14)25-12-11-24-18/h3-10,13H,11-12H2,1-2H3/b10-9-. The Labute approximate surface area is 152 Å². The van der Waals surface area contributed by atoms with Gasteiger partial charge >= 0.3 is 0 Å². The fourth-order valence-corrected chi connectivity index (χ4v) is 3.46. The zero-order chi connectivity index (χ0) is 18.7. The fraction of sp³-hybridized carbons (Fsp3) is 0.211. The van der Waals surface area contributed by atoms with Gasteiger partial charge in [0.2, 0.25) is 10.0 Å². The number of sulfonamides is 1. The molecule has 6 nitrogen and oxygen atoms in total. The zero-order valence-corrected chi connectivity index (χ0v) is 15.3. The molecule has 3 rings (SSSR count). The predicted molar refractivity (Wildman–Crippen MR) is 98.1 cm³/mol. The number of carbonyl (C=O) groups is 1. The quantitative estimate of drug-likeness (QED) is 0.595. The molecule has 0 saturated heterocycles. The summed E-state index contributed by atoms with van der Waals surface area (Å²) in [5, 5.41) is 0. The summed E-state index contributed by atoms with van der Waals surface area (Å²) in [7, 11) is -0.694. The highest BCUT2D eigenvalue weighted by molar-refractivity contribution is 7.89. The van der Waals surface area contributed by atoms with E-state index in [-0.39, 0.29) is 10.7 Å². The Hall–Kier alpha value is -2.64. The molecule has 7 heteroatoms. The Bertz CT molecular complexity index is 964. The molecule has 0 bridgehead atoms. The van der Waals surface area contributed by atoms with E-state index in [1.165, 1.54) is 32.3 Å². The van der Waals surface area contributed by atoms with Crippen molar-refractivity contribution in [1.29, 1.82) is 0 Å². The van der Waals surface area contributed by atoms with Crippen LogP contribution in [0.25, 0.3) is 6.08 Å². The number of rotatable bonds is 5. The van der Waals surface area contributed by atoms with Crippen LogP contribution in [0.15, 0.2) is 53.4 Å². The normalized spacial score (nSPS) is 14.0. The monoisotopic (exact) mass is 373 g/mol. The maximum absolute atomic E-state index is 12.5. The Kier molecular flexibility index (Phi) is 5.11. The lowest BCUT2D eigenvalue weighted by molar-refractivity contribution is 0.104. The summed E-state index contributed by atoms with van der Waals surface area (Å²) >= 11 is 0. The molecule has 2 aromatic rings. The molecule has 0 saturated carbocycles. The second-order valence-corrected chi connectivity index (χ2v) is 8.04. The van der Waals surface area contributed by atoms with Crippen molar-refractivity contribution < 1.29 is 22.7 Å². The summed E-state index contributed by atoms with van der Waals surface area (Å²) < 4.78 is 36.7. The van der Waals surface area contributed by atoms with Crippen LogP contribution < -0.4 is 9.47 Å². The van der Waals surface area contributed by atoms with Gasteiger partial charge in [0.1, 0.15) is 13.2 Å². The van der Waals surface area contributed by atoms with Gasteiger partial charge in [-0.1, -0.05) is 24.3 Å². The molecule has 0 aromatic heterocycles. The summed E-state index contributed by atoms with van der Waals surface area (Å²) in [4.78, 5) is 12.5. The van der Waals surface area contributed by atoms with Crippen molar-refractivity contribution in [3.05, 3.63) is 59.7 Å². The average Bonchev–Trinajstić information content (AvgIpc) is 2.66. The summed E-state index contributed by atoms with van der Waals surface area (Å²) in [6.45, 7) is 0.947. The van der Waals surface area contributed by atoms with E-state index in [4.69, 9.17) is 9.47 Å². The number of benzene rings is 2. The van der Waals surface area contributed by atoms with Crippen molar-refractivity contribution in [1.82, 2.24) is 4.31 Å². The first kappa shape index (κ1) is 18.2. The Morgan fingerprint density at radius 3 is 2.58 bits per heavy atom. The topological polar surface area (TPSA) is 72.9 Å². The second-order valence-electron chi connectivity index (χ2n) is 5.88. The number of hydrogen-bond acceptors (Lipinski definition) is 5. The van der Waals surface area contributed by atoms with Gasteiger partial charge in [-0.2, -0.15) is 0 Å². The zero-order valence-electron chi connectivity index (χ0n) is 14.5. The van der Waals surface area contributed by atoms with Gasteiger partial charge in [0, 0.05) is 25.2 Å². The van der Waals surface area contributed by atoms with Crippen LogP contribution in [-0.4, -0.2) is 45.8 Å². The van der Waals surface area contributed by atoms with Crippen LogP contribution in [0, 0.1) is 0 Å². The Morgan fingerprint density at radius 1 is 1.08 bits per heavy atom. The molecule has 26 heavy (non-hydrogen) atoms. The SMILES string of the molecule is CN(C)S(=O)(=O)c1cccc(C(=O)/C=C\c2cccc3c2OCCO3)c1. The Balaban J connectivity index is 1.87. The van der Waals surface area contributed by atoms with Crippen molar-refractivity contribution in [2.75, 3.05) is 27.3 Å². The molecule has 0 amide bonds. The van der Waals surface area contributed by atoms with Crippen LogP contribution >= 0.6 is 0 Å². The van der Waals surface area contributed by atoms with E-state index in [0.29, 0.717) is 30.3 Å². The van der Waals surface area contributed by atoms with Gasteiger partial charge in [-0.3, -0.25) is 4.79 Å². The van der Waals surface area contributed by atoms with E-state index in [1.807, 2.05) is 18.2 Å². The van der Waals surface area contributed by atoms with E-state index in [2.05, 4.69) is 0 Å². The van der Waals surface area contributed by atoms with Crippen LogP contribution in [0.2, 0.25) is 0 Å². The molecule has 2 aromatic carbocycles. The van der Waals surface area contributed by atoms with Crippen molar-refractivity contribution in [3.63, 3.8) is 0 Å². The van der Waals surface area contributed by atoms with E-state index >= 15 is 0 Å². The maximum Gasteiger partial charge on any atom is 0.242 e.